The van der Waals surface area contributed by atoms with E-state index in [1.807, 2.05) is 23.2 Å². The van der Waals surface area contributed by atoms with Crippen LogP contribution in [0.25, 0.3) is 4.85 Å². The maximum Gasteiger partial charge on any atom is 0.273 e. The highest BCUT2D eigenvalue weighted by Crippen LogP contribution is 2.47. The van der Waals surface area contributed by atoms with Crippen LogP contribution in [-0.4, -0.2) is 44.4 Å². The van der Waals surface area contributed by atoms with Crippen LogP contribution in [0, 0.1) is 18.4 Å². The number of fused-ring (bicyclic) bond motifs is 2. The van der Waals surface area contributed by atoms with Gasteiger partial charge in [0, 0.05) is 29.7 Å². The Hall–Kier alpha value is -3.77. The fourth-order valence-corrected chi connectivity index (χ4v) is 6.28. The van der Waals surface area contributed by atoms with Crippen molar-refractivity contribution in [3.05, 3.63) is 75.5 Å². The molecule has 2 saturated carbocycles. The molecule has 10 heteroatoms. The molecular weight excluding hydrogens is 490 g/mol. The van der Waals surface area contributed by atoms with Crippen LogP contribution in [-0.2, 0) is 11.2 Å². The quantitative estimate of drug-likeness (QED) is 0.519. The Kier molecular flexibility index (Phi) is 5.08. The SMILES string of the molecule is [C-]#[N+]c1ccc(Cl)cc1C1CC(NC(=O)c2cn(C3CCc4cc(N5C[C@H]6C[C@H]6C5=O)ncc43)nn2)C1. The Morgan fingerprint density at radius 1 is 1.19 bits per heavy atom. The van der Waals surface area contributed by atoms with Crippen molar-refractivity contribution in [3.63, 3.8) is 0 Å². The van der Waals surface area contributed by atoms with Crippen molar-refractivity contribution in [2.24, 2.45) is 11.8 Å². The molecule has 2 amide bonds. The molecule has 3 heterocycles. The summed E-state index contributed by atoms with van der Waals surface area (Å²) in [5.41, 5.74) is 4.08. The first kappa shape index (κ1) is 22.4. The van der Waals surface area contributed by atoms with Crippen molar-refractivity contribution in [2.75, 3.05) is 11.4 Å². The van der Waals surface area contributed by atoms with E-state index >= 15 is 0 Å². The zero-order valence-electron chi connectivity index (χ0n) is 20.0. The summed E-state index contributed by atoms with van der Waals surface area (Å²) in [5.74, 6) is 1.63. The summed E-state index contributed by atoms with van der Waals surface area (Å²) in [7, 11) is 0. The number of piperidine rings is 1. The van der Waals surface area contributed by atoms with Crippen LogP contribution >= 0.6 is 11.6 Å². The Balaban J connectivity index is 0.998. The number of nitrogens with one attached hydrogen (secondary N) is 1. The Labute approximate surface area is 218 Å². The van der Waals surface area contributed by atoms with Gasteiger partial charge in [-0.3, -0.25) is 14.5 Å². The first-order chi connectivity index (χ1) is 18.0. The fraction of sp³-hybridized carbons (Fsp3) is 0.407. The summed E-state index contributed by atoms with van der Waals surface area (Å²) >= 11 is 6.13. The number of halogens is 1. The van der Waals surface area contributed by atoms with Crippen LogP contribution in [0.4, 0.5) is 11.5 Å². The molecule has 7 rings (SSSR count). The molecular formula is C27H24ClN7O2. The summed E-state index contributed by atoms with van der Waals surface area (Å²) in [5, 5.41) is 12.1. The van der Waals surface area contributed by atoms with E-state index in [4.69, 9.17) is 18.2 Å². The second-order valence-corrected chi connectivity index (χ2v) is 11.0. The van der Waals surface area contributed by atoms with Gasteiger partial charge in [-0.25, -0.2) is 14.5 Å². The number of aryl methyl sites for hydroxylation is 1. The second-order valence-electron chi connectivity index (χ2n) is 10.6. The Bertz CT molecular complexity index is 1490. The van der Waals surface area contributed by atoms with Crippen LogP contribution in [0.5, 0.6) is 0 Å². The van der Waals surface area contributed by atoms with E-state index in [1.54, 1.807) is 23.0 Å². The molecule has 3 aromatic rings. The molecule has 1 saturated heterocycles. The first-order valence-corrected chi connectivity index (χ1v) is 13.1. The van der Waals surface area contributed by atoms with Crippen molar-refractivity contribution in [3.8, 4) is 0 Å². The molecule has 1 unspecified atom stereocenters. The predicted octanol–water partition coefficient (Wildman–Crippen LogP) is 4.07. The normalized spacial score (nSPS) is 27.3. The molecule has 3 aliphatic carbocycles. The second kappa shape index (κ2) is 8.38. The smallest absolute Gasteiger partial charge is 0.273 e. The molecule has 4 aliphatic rings. The van der Waals surface area contributed by atoms with Gasteiger partial charge in [0.25, 0.3) is 5.91 Å². The Morgan fingerprint density at radius 2 is 2.05 bits per heavy atom. The van der Waals surface area contributed by atoms with E-state index in [9.17, 15) is 9.59 Å². The number of aromatic nitrogens is 4. The van der Waals surface area contributed by atoms with Crippen molar-refractivity contribution < 1.29 is 9.59 Å². The minimum absolute atomic E-state index is 0.0226. The Morgan fingerprint density at radius 3 is 2.84 bits per heavy atom. The number of rotatable bonds is 5. The molecule has 0 bridgehead atoms. The van der Waals surface area contributed by atoms with Crippen molar-refractivity contribution in [1.82, 2.24) is 25.3 Å². The maximum atomic E-state index is 12.8. The van der Waals surface area contributed by atoms with Crippen LogP contribution in [0.3, 0.4) is 0 Å². The van der Waals surface area contributed by atoms with E-state index in [0.717, 1.165) is 55.6 Å². The summed E-state index contributed by atoms with van der Waals surface area (Å²) in [4.78, 5) is 35.3. The molecule has 1 aliphatic heterocycles. The lowest BCUT2D eigenvalue weighted by Gasteiger charge is -2.36. The van der Waals surface area contributed by atoms with Gasteiger partial charge in [0.2, 0.25) is 5.91 Å². The fourth-order valence-electron chi connectivity index (χ4n) is 6.10. The van der Waals surface area contributed by atoms with E-state index in [1.165, 1.54) is 5.56 Å². The molecule has 37 heavy (non-hydrogen) atoms. The van der Waals surface area contributed by atoms with Gasteiger partial charge in [-0.05, 0) is 66.7 Å². The average Bonchev–Trinajstić information content (AvgIpc) is 3.18. The summed E-state index contributed by atoms with van der Waals surface area (Å²) in [6, 6.07) is 7.36. The minimum atomic E-state index is -0.246. The number of amides is 2. The van der Waals surface area contributed by atoms with E-state index < -0.39 is 0 Å². The molecule has 3 atom stereocenters. The molecule has 1 N–H and O–H groups in total. The number of nitrogens with zero attached hydrogens (tertiary/aromatic N) is 6. The number of carbonyl (C=O) groups excluding carboxylic acids is 2. The van der Waals surface area contributed by atoms with Gasteiger partial charge < -0.3 is 5.32 Å². The molecule has 3 fully saturated rings. The van der Waals surface area contributed by atoms with Crippen LogP contribution in [0.1, 0.15) is 64.8 Å². The molecule has 0 spiro atoms. The summed E-state index contributed by atoms with van der Waals surface area (Å²) in [6.07, 6.45) is 7.80. The van der Waals surface area contributed by atoms with Crippen LogP contribution < -0.4 is 10.2 Å². The predicted molar refractivity (Wildman–Crippen MR) is 136 cm³/mol. The van der Waals surface area contributed by atoms with Gasteiger partial charge in [0.05, 0.1) is 18.8 Å². The van der Waals surface area contributed by atoms with Gasteiger partial charge in [0.15, 0.2) is 11.4 Å². The zero-order chi connectivity index (χ0) is 25.3. The average molecular weight is 514 g/mol. The summed E-state index contributed by atoms with van der Waals surface area (Å²) < 4.78 is 1.75. The number of pyridine rings is 1. The highest BCUT2D eigenvalue weighted by atomic mass is 35.5. The standard InChI is InChI=1S/C27H24ClN7O2/c1-29-22-4-3-17(28)10-19(22)15-6-18(7-15)31-26(36)23-13-35(33-32-23)24-5-2-14-9-25(30-11-21(14)24)34-12-16-8-20(16)27(34)37/h3-4,9-11,13,15-16,18,20,24H,2,5-8,12H2,(H,31,36)/t15?,16-,18?,20-,24?/m1/s1. The van der Waals surface area contributed by atoms with Gasteiger partial charge in [-0.2, -0.15) is 0 Å². The lowest BCUT2D eigenvalue weighted by molar-refractivity contribution is -0.118. The molecule has 9 nitrogen and oxygen atoms in total. The van der Waals surface area contributed by atoms with Gasteiger partial charge in [0.1, 0.15) is 5.82 Å². The van der Waals surface area contributed by atoms with E-state index in [2.05, 4.69) is 25.5 Å². The third-order valence-electron chi connectivity index (χ3n) is 8.34. The highest BCUT2D eigenvalue weighted by Gasteiger charge is 2.53. The number of benzene rings is 1. The van der Waals surface area contributed by atoms with Crippen LogP contribution in [0.2, 0.25) is 5.02 Å². The van der Waals surface area contributed by atoms with E-state index in [0.29, 0.717) is 16.6 Å². The number of hydrogen-bond donors (Lipinski definition) is 1. The van der Waals surface area contributed by atoms with Gasteiger partial charge in [-0.1, -0.05) is 35.0 Å². The third-order valence-corrected chi connectivity index (χ3v) is 8.58. The molecule has 1 aromatic carbocycles. The van der Waals surface area contributed by atoms with Gasteiger partial charge >= 0.3 is 0 Å². The third kappa shape index (κ3) is 3.78. The number of hydrogen-bond acceptors (Lipinski definition) is 5. The van der Waals surface area contributed by atoms with E-state index in [-0.39, 0.29) is 41.4 Å². The van der Waals surface area contributed by atoms with Gasteiger partial charge in [-0.15, -0.1) is 5.10 Å². The lowest BCUT2D eigenvalue weighted by Crippen LogP contribution is -2.43. The monoisotopic (exact) mass is 513 g/mol. The maximum absolute atomic E-state index is 12.8. The van der Waals surface area contributed by atoms with Crippen molar-refractivity contribution in [2.45, 2.75) is 50.1 Å². The van der Waals surface area contributed by atoms with Crippen LogP contribution in [0.15, 0.2) is 36.7 Å². The molecule has 186 valence electrons. The summed E-state index contributed by atoms with van der Waals surface area (Å²) in [6.45, 7) is 8.16. The number of carbonyl (C=O) groups is 2. The minimum Gasteiger partial charge on any atom is -0.348 e. The topological polar surface area (TPSA) is 97.4 Å². The lowest BCUT2D eigenvalue weighted by atomic mass is 9.75. The molecule has 0 radical (unpaired) electrons. The first-order valence-electron chi connectivity index (χ1n) is 12.7. The van der Waals surface area contributed by atoms with Crippen molar-refractivity contribution in [1.29, 1.82) is 0 Å². The molecule has 2 aromatic heterocycles. The largest absolute Gasteiger partial charge is 0.348 e. The zero-order valence-corrected chi connectivity index (χ0v) is 20.7. The van der Waals surface area contributed by atoms with Crippen molar-refractivity contribution >= 4 is 34.9 Å². The highest BCUT2D eigenvalue weighted by molar-refractivity contribution is 6.30. The number of anilines is 1.